The summed E-state index contributed by atoms with van der Waals surface area (Å²) in [5, 5.41) is 4.01. The van der Waals surface area contributed by atoms with Crippen molar-refractivity contribution in [3.05, 3.63) is 40.4 Å². The van der Waals surface area contributed by atoms with E-state index >= 15 is 0 Å². The van der Waals surface area contributed by atoms with Crippen molar-refractivity contribution in [3.8, 4) is 11.8 Å². The van der Waals surface area contributed by atoms with Gasteiger partial charge in [0.15, 0.2) is 0 Å². The minimum Gasteiger partial charge on any atom is -0.268 e. The zero-order valence-corrected chi connectivity index (χ0v) is 19.6. The Morgan fingerprint density at radius 1 is 1.29 bits per heavy atom. The molecule has 2 aromatic heterocycles. The van der Waals surface area contributed by atoms with Crippen molar-refractivity contribution in [1.82, 2.24) is 19.1 Å². The maximum absolute atomic E-state index is 13.2. The second-order valence-corrected chi connectivity index (χ2v) is 9.93. The fourth-order valence-corrected chi connectivity index (χ4v) is 6.00. The van der Waals surface area contributed by atoms with Crippen molar-refractivity contribution < 1.29 is 13.2 Å². The first kappa shape index (κ1) is 23.3. The normalized spacial score (nSPS) is 14.7. The summed E-state index contributed by atoms with van der Waals surface area (Å²) in [6.07, 6.45) is 10.0. The smallest absolute Gasteiger partial charge is 0.268 e. The molecule has 1 amide bonds. The van der Waals surface area contributed by atoms with E-state index in [1.54, 1.807) is 33.2 Å². The lowest BCUT2D eigenvalue weighted by Crippen LogP contribution is -2.37. The van der Waals surface area contributed by atoms with Crippen LogP contribution in [0.25, 0.3) is 0 Å². The number of halogens is 1. The minimum atomic E-state index is -4.18. The summed E-state index contributed by atoms with van der Waals surface area (Å²) in [5.74, 6) is 6.22. The zero-order chi connectivity index (χ0) is 22.6. The van der Waals surface area contributed by atoms with Gasteiger partial charge in [-0.15, -0.1) is 0 Å². The van der Waals surface area contributed by atoms with Crippen LogP contribution in [0.15, 0.2) is 23.4 Å². The molecule has 0 N–H and O–H groups in total. The average molecular weight is 463 g/mol. The van der Waals surface area contributed by atoms with E-state index in [0.29, 0.717) is 11.5 Å². The second kappa shape index (κ2) is 9.84. The molecule has 1 fully saturated rings. The van der Waals surface area contributed by atoms with Crippen molar-refractivity contribution in [2.75, 3.05) is 6.54 Å². The molecule has 0 aliphatic heterocycles. The highest BCUT2D eigenvalue weighted by atomic mass is 35.5. The van der Waals surface area contributed by atoms with E-state index in [0.717, 1.165) is 10.7 Å². The predicted octanol–water partition coefficient (Wildman–Crippen LogP) is 3.95. The van der Waals surface area contributed by atoms with Crippen LogP contribution in [0.5, 0.6) is 0 Å². The van der Waals surface area contributed by atoms with E-state index in [4.69, 9.17) is 11.6 Å². The van der Waals surface area contributed by atoms with E-state index in [1.165, 1.54) is 43.0 Å². The Morgan fingerprint density at radius 3 is 2.61 bits per heavy atom. The van der Waals surface area contributed by atoms with Crippen LogP contribution in [0.1, 0.15) is 67.1 Å². The molecule has 0 unspecified atom stereocenters. The second-order valence-electron chi connectivity index (χ2n) is 7.78. The van der Waals surface area contributed by atoms with Gasteiger partial charge in [-0.05, 0) is 38.7 Å². The standard InChI is InChI=1S/C22H27ClN4O3S/c1-4-27(31(29,30)20-16(2)25-26(3)21(20)23)22(28)19-13-18(14-24-15-19)12-8-11-17-9-6-5-7-10-17/h13-15,17H,4-7,9-11H2,1-3H3. The largest absolute Gasteiger partial charge is 0.271 e. The third kappa shape index (κ3) is 5.10. The molecule has 0 atom stereocenters. The van der Waals surface area contributed by atoms with Gasteiger partial charge >= 0.3 is 0 Å². The highest BCUT2D eigenvalue weighted by Crippen LogP contribution is 2.28. The van der Waals surface area contributed by atoms with Gasteiger partial charge in [-0.2, -0.15) is 5.10 Å². The predicted molar refractivity (Wildman–Crippen MR) is 119 cm³/mol. The fourth-order valence-electron chi connectivity index (χ4n) is 3.89. The van der Waals surface area contributed by atoms with Crippen LogP contribution >= 0.6 is 11.6 Å². The Bertz CT molecular complexity index is 1130. The molecular weight excluding hydrogens is 436 g/mol. The minimum absolute atomic E-state index is 0.0378. The number of carbonyl (C=O) groups is 1. The number of hydrogen-bond donors (Lipinski definition) is 0. The van der Waals surface area contributed by atoms with E-state index in [2.05, 4.69) is 21.9 Å². The van der Waals surface area contributed by atoms with Gasteiger partial charge in [0, 0.05) is 38.0 Å². The molecule has 1 aliphatic carbocycles. The first-order valence-electron chi connectivity index (χ1n) is 10.5. The van der Waals surface area contributed by atoms with Crippen molar-refractivity contribution in [2.45, 2.75) is 57.3 Å². The molecule has 2 heterocycles. The molecule has 0 radical (unpaired) electrons. The van der Waals surface area contributed by atoms with Crippen molar-refractivity contribution >= 4 is 27.5 Å². The molecule has 166 valence electrons. The summed E-state index contributed by atoms with van der Waals surface area (Å²) < 4.78 is 28.4. The monoisotopic (exact) mass is 462 g/mol. The molecule has 3 rings (SSSR count). The van der Waals surface area contributed by atoms with E-state index < -0.39 is 15.9 Å². The van der Waals surface area contributed by atoms with E-state index in [-0.39, 0.29) is 27.9 Å². The number of sulfonamides is 1. The number of amides is 1. The first-order valence-corrected chi connectivity index (χ1v) is 12.3. The van der Waals surface area contributed by atoms with Crippen LogP contribution in [-0.4, -0.2) is 39.9 Å². The molecule has 7 nitrogen and oxygen atoms in total. The third-order valence-corrected chi connectivity index (χ3v) is 8.05. The van der Waals surface area contributed by atoms with Crippen LogP contribution in [0.4, 0.5) is 0 Å². The summed E-state index contributed by atoms with van der Waals surface area (Å²) >= 11 is 6.15. The molecule has 0 aromatic carbocycles. The summed E-state index contributed by atoms with van der Waals surface area (Å²) in [6, 6.07) is 1.58. The Balaban J connectivity index is 1.83. The number of pyridine rings is 1. The van der Waals surface area contributed by atoms with Crippen molar-refractivity contribution in [2.24, 2.45) is 13.0 Å². The summed E-state index contributed by atoms with van der Waals surface area (Å²) in [7, 11) is -2.63. The van der Waals surface area contributed by atoms with Crippen molar-refractivity contribution in [1.29, 1.82) is 0 Å². The van der Waals surface area contributed by atoms with Crippen molar-refractivity contribution in [3.63, 3.8) is 0 Å². The average Bonchev–Trinajstić information content (AvgIpc) is 3.01. The fraction of sp³-hybridized carbons (Fsp3) is 0.500. The maximum Gasteiger partial charge on any atom is 0.271 e. The molecule has 1 saturated carbocycles. The van der Waals surface area contributed by atoms with Gasteiger partial charge in [-0.3, -0.25) is 14.5 Å². The van der Waals surface area contributed by atoms with Crippen LogP contribution in [0, 0.1) is 24.7 Å². The topological polar surface area (TPSA) is 85.2 Å². The molecule has 0 spiro atoms. The SMILES string of the molecule is CCN(C(=O)c1cncc(C#CCC2CCCCC2)c1)S(=O)(=O)c1c(C)nn(C)c1Cl. The van der Waals surface area contributed by atoms with Crippen LogP contribution in [0.2, 0.25) is 5.15 Å². The Labute approximate surface area is 188 Å². The Morgan fingerprint density at radius 2 is 2.00 bits per heavy atom. The highest BCUT2D eigenvalue weighted by molar-refractivity contribution is 7.89. The Hall–Kier alpha value is -2.37. The summed E-state index contributed by atoms with van der Waals surface area (Å²) in [5.41, 5.74) is 0.984. The van der Waals surface area contributed by atoms with Gasteiger partial charge in [0.25, 0.3) is 15.9 Å². The number of carbonyl (C=O) groups excluding carboxylic acids is 1. The van der Waals surface area contributed by atoms with Gasteiger partial charge < -0.3 is 0 Å². The Kier molecular flexibility index (Phi) is 7.39. The number of aromatic nitrogens is 3. The lowest BCUT2D eigenvalue weighted by molar-refractivity contribution is 0.0866. The molecule has 31 heavy (non-hydrogen) atoms. The quantitative estimate of drug-likeness (QED) is 0.628. The van der Waals surface area contributed by atoms with Crippen LogP contribution in [0.3, 0.4) is 0 Å². The molecule has 1 aliphatic rings. The number of rotatable bonds is 5. The van der Waals surface area contributed by atoms with Gasteiger partial charge in [-0.1, -0.05) is 42.7 Å². The van der Waals surface area contributed by atoms with Gasteiger partial charge in [-0.25, -0.2) is 12.7 Å². The van der Waals surface area contributed by atoms with Gasteiger partial charge in [0.05, 0.1) is 11.3 Å². The lowest BCUT2D eigenvalue weighted by atomic mass is 9.87. The molecule has 0 saturated heterocycles. The van der Waals surface area contributed by atoms with E-state index in [1.807, 2.05) is 0 Å². The summed E-state index contributed by atoms with van der Waals surface area (Å²) in [4.78, 5) is 17.0. The van der Waals surface area contributed by atoms with Gasteiger partial charge in [0.2, 0.25) is 0 Å². The molecule has 0 bridgehead atoms. The lowest BCUT2D eigenvalue weighted by Gasteiger charge is -2.20. The maximum atomic E-state index is 13.2. The summed E-state index contributed by atoms with van der Waals surface area (Å²) in [6.45, 7) is 3.08. The zero-order valence-electron chi connectivity index (χ0n) is 18.1. The van der Waals surface area contributed by atoms with Crippen LogP contribution < -0.4 is 0 Å². The first-order chi connectivity index (χ1) is 14.8. The molecular formula is C22H27ClN4O3S. The van der Waals surface area contributed by atoms with Gasteiger partial charge in [0.1, 0.15) is 10.0 Å². The number of aryl methyl sites for hydroxylation is 2. The molecule has 2 aromatic rings. The number of hydrogen-bond acceptors (Lipinski definition) is 5. The van der Waals surface area contributed by atoms with E-state index in [9.17, 15) is 13.2 Å². The van der Waals surface area contributed by atoms with Crippen LogP contribution in [-0.2, 0) is 17.1 Å². The third-order valence-electron chi connectivity index (χ3n) is 5.50. The highest BCUT2D eigenvalue weighted by Gasteiger charge is 2.34. The molecule has 9 heteroatoms. The number of nitrogens with zero attached hydrogens (tertiary/aromatic N) is 4.